The van der Waals surface area contributed by atoms with E-state index in [0.717, 1.165) is 36.1 Å². The first kappa shape index (κ1) is 42.7. The Morgan fingerprint density at radius 3 is 2.13 bits per heavy atom. The van der Waals surface area contributed by atoms with Crippen molar-refractivity contribution in [2.24, 2.45) is 11.3 Å². The number of nitrogens with zero attached hydrogens (tertiary/aromatic N) is 1. The molecule has 0 radical (unpaired) electrons. The molecule has 1 fully saturated rings. The molecule has 1 saturated heterocycles. The monoisotopic (exact) mass is 737 g/mol. The van der Waals surface area contributed by atoms with E-state index in [9.17, 15) is 24.0 Å². The van der Waals surface area contributed by atoms with E-state index in [2.05, 4.69) is 64.3 Å². The first-order valence-corrected chi connectivity index (χ1v) is 19.2. The Hall–Kier alpha value is -3.72. The van der Waals surface area contributed by atoms with Crippen LogP contribution in [-0.2, 0) is 30.0 Å². The third-order valence-electron chi connectivity index (χ3n) is 10.5. The molecular formula is C42H60ClN3O6. The number of ether oxygens (including phenoxy) is 1. The summed E-state index contributed by atoms with van der Waals surface area (Å²) in [5.41, 5.74) is 1.35. The number of carbonyl (C=O) groups excluding carboxylic acids is 5. The minimum atomic E-state index is -1.69. The van der Waals surface area contributed by atoms with Crippen LogP contribution in [-0.4, -0.2) is 46.6 Å². The number of carbonyl (C=O) groups is 5. The van der Waals surface area contributed by atoms with Gasteiger partial charge in [0.15, 0.2) is 18.1 Å². The number of halogens is 1. The molecule has 1 aliphatic rings. The number of benzene rings is 2. The summed E-state index contributed by atoms with van der Waals surface area (Å²) in [4.78, 5) is 68.9. The maximum atomic E-state index is 13.9. The molecule has 3 rings (SSSR count). The lowest BCUT2D eigenvalue weighted by Crippen LogP contribution is -2.59. The molecule has 3 unspecified atom stereocenters. The summed E-state index contributed by atoms with van der Waals surface area (Å²) < 4.78 is 6.55. The molecule has 1 heterocycles. The zero-order valence-corrected chi connectivity index (χ0v) is 33.9. The minimum absolute atomic E-state index is 0.00773. The van der Waals surface area contributed by atoms with E-state index in [1.54, 1.807) is 20.8 Å². The highest BCUT2D eigenvalue weighted by molar-refractivity contribution is 6.34. The van der Waals surface area contributed by atoms with E-state index >= 15 is 0 Å². The van der Waals surface area contributed by atoms with Crippen molar-refractivity contribution in [1.82, 2.24) is 10.2 Å². The zero-order chi connectivity index (χ0) is 39.2. The highest BCUT2D eigenvalue weighted by atomic mass is 35.5. The van der Waals surface area contributed by atoms with E-state index in [4.69, 9.17) is 16.3 Å². The number of imide groups is 1. The summed E-state index contributed by atoms with van der Waals surface area (Å²) in [5, 5.41) is 5.79. The van der Waals surface area contributed by atoms with E-state index in [1.807, 2.05) is 19.9 Å². The molecule has 3 atom stereocenters. The van der Waals surface area contributed by atoms with Gasteiger partial charge >= 0.3 is 0 Å². The number of piperidine rings is 1. The van der Waals surface area contributed by atoms with Gasteiger partial charge in [0, 0.05) is 35.3 Å². The molecule has 0 aliphatic carbocycles. The SMILES string of the molecule is CCCC(NC(=O)c1ccc(Cl)c(NC(=O)C(C(=O)C(C)(C)C)N2C(=O)CCC(CCC)C2=O)c1)Oc1ccc(C(C)(C)CC)cc1C(C)(C)CC. The van der Waals surface area contributed by atoms with Crippen LogP contribution in [0, 0.1) is 11.3 Å². The summed E-state index contributed by atoms with van der Waals surface area (Å²) in [6, 6.07) is 9.08. The normalized spacial score (nSPS) is 16.7. The molecule has 9 nitrogen and oxygen atoms in total. The molecule has 286 valence electrons. The first-order valence-electron chi connectivity index (χ1n) is 18.8. The molecule has 0 aromatic heterocycles. The van der Waals surface area contributed by atoms with Gasteiger partial charge in [-0.05, 0) is 66.3 Å². The van der Waals surface area contributed by atoms with Crippen LogP contribution < -0.4 is 15.4 Å². The number of hydrogen-bond acceptors (Lipinski definition) is 6. The quantitative estimate of drug-likeness (QED) is 0.101. The Morgan fingerprint density at radius 2 is 1.56 bits per heavy atom. The van der Waals surface area contributed by atoms with Gasteiger partial charge < -0.3 is 15.4 Å². The van der Waals surface area contributed by atoms with Crippen LogP contribution in [0.1, 0.15) is 149 Å². The van der Waals surface area contributed by atoms with Gasteiger partial charge in [0.25, 0.3) is 11.8 Å². The van der Waals surface area contributed by atoms with E-state index in [-0.39, 0.29) is 33.5 Å². The van der Waals surface area contributed by atoms with E-state index < -0.39 is 53.0 Å². The molecule has 0 saturated carbocycles. The molecule has 0 bridgehead atoms. The van der Waals surface area contributed by atoms with Crippen LogP contribution >= 0.6 is 11.6 Å². The third-order valence-corrected chi connectivity index (χ3v) is 10.9. The summed E-state index contributed by atoms with van der Waals surface area (Å²) in [5.74, 6) is -2.72. The van der Waals surface area contributed by atoms with Crippen molar-refractivity contribution in [2.45, 2.75) is 151 Å². The van der Waals surface area contributed by atoms with Gasteiger partial charge in [0.1, 0.15) is 5.75 Å². The van der Waals surface area contributed by atoms with Gasteiger partial charge in [-0.25, -0.2) is 0 Å². The van der Waals surface area contributed by atoms with E-state index in [1.165, 1.54) is 23.8 Å². The predicted octanol–water partition coefficient (Wildman–Crippen LogP) is 9.14. The van der Waals surface area contributed by atoms with Gasteiger partial charge in [-0.1, -0.05) is 113 Å². The molecule has 2 N–H and O–H groups in total. The number of nitrogens with one attached hydrogen (secondary N) is 2. The van der Waals surface area contributed by atoms with Gasteiger partial charge in [-0.3, -0.25) is 28.9 Å². The lowest BCUT2D eigenvalue weighted by Gasteiger charge is -2.37. The van der Waals surface area contributed by atoms with Gasteiger partial charge in [-0.15, -0.1) is 0 Å². The third kappa shape index (κ3) is 10.0. The van der Waals surface area contributed by atoms with Crippen molar-refractivity contribution in [3.05, 3.63) is 58.1 Å². The van der Waals surface area contributed by atoms with Crippen molar-refractivity contribution in [2.75, 3.05) is 5.32 Å². The second-order valence-electron chi connectivity index (χ2n) is 16.4. The lowest BCUT2D eigenvalue weighted by molar-refractivity contribution is -0.162. The van der Waals surface area contributed by atoms with E-state index in [0.29, 0.717) is 25.0 Å². The Bertz CT molecular complexity index is 1640. The fourth-order valence-electron chi connectivity index (χ4n) is 6.26. The smallest absolute Gasteiger partial charge is 0.255 e. The van der Waals surface area contributed by atoms with Crippen molar-refractivity contribution in [3.8, 4) is 5.75 Å². The Kier molecular flexibility index (Phi) is 14.3. The summed E-state index contributed by atoms with van der Waals surface area (Å²) in [6.45, 7) is 22.0. The predicted molar refractivity (Wildman–Crippen MR) is 208 cm³/mol. The van der Waals surface area contributed by atoms with Crippen LogP contribution in [0.15, 0.2) is 36.4 Å². The number of hydrogen-bond donors (Lipinski definition) is 2. The number of rotatable bonds is 16. The van der Waals surface area contributed by atoms with Crippen LogP contribution in [0.25, 0.3) is 0 Å². The molecule has 4 amide bonds. The first-order chi connectivity index (χ1) is 24.2. The van der Waals surface area contributed by atoms with Crippen LogP contribution in [0.3, 0.4) is 0 Å². The highest BCUT2D eigenvalue weighted by Gasteiger charge is 2.47. The Balaban J connectivity index is 1.93. The lowest BCUT2D eigenvalue weighted by atomic mass is 9.76. The molecule has 0 spiro atoms. The zero-order valence-electron chi connectivity index (χ0n) is 33.1. The average Bonchev–Trinajstić information content (AvgIpc) is 3.08. The number of amides is 4. The molecule has 1 aliphatic heterocycles. The number of ketones is 1. The van der Waals surface area contributed by atoms with Crippen molar-refractivity contribution in [3.63, 3.8) is 0 Å². The molecule has 52 heavy (non-hydrogen) atoms. The number of likely N-dealkylation sites (tertiary alicyclic amines) is 1. The summed E-state index contributed by atoms with van der Waals surface area (Å²) in [7, 11) is 0. The second-order valence-corrected chi connectivity index (χ2v) is 16.8. The average molecular weight is 738 g/mol. The van der Waals surface area contributed by atoms with Crippen LogP contribution in [0.2, 0.25) is 5.02 Å². The maximum Gasteiger partial charge on any atom is 0.255 e. The van der Waals surface area contributed by atoms with Crippen molar-refractivity contribution >= 4 is 46.7 Å². The Labute approximate surface area is 316 Å². The highest BCUT2D eigenvalue weighted by Crippen LogP contribution is 2.39. The van der Waals surface area contributed by atoms with Gasteiger partial charge in [0.05, 0.1) is 10.7 Å². The van der Waals surface area contributed by atoms with Gasteiger partial charge in [-0.2, -0.15) is 0 Å². The topological polar surface area (TPSA) is 122 Å². The fourth-order valence-corrected chi connectivity index (χ4v) is 6.42. The standard InChI is InChI=1S/C42H60ClN3O6/c1-12-16-26-19-23-34(47)46(39(26)51)35(36(48)40(5,6)7)38(50)44-31-24-27(18-21-30(31)43)37(49)45-33(17-13-2)52-32-22-20-28(41(8,9)14-3)25-29(32)42(10,11)15-4/h18,20-22,24-26,33,35H,12-17,19,23H2,1-11H3,(H,44,50)(H,45,49). The van der Waals surface area contributed by atoms with Crippen LogP contribution in [0.5, 0.6) is 5.75 Å². The molecule has 2 aromatic carbocycles. The molecule has 10 heteroatoms. The second kappa shape index (κ2) is 17.4. The Morgan fingerprint density at radius 1 is 0.904 bits per heavy atom. The molecular weight excluding hydrogens is 678 g/mol. The fraction of sp³-hybridized carbons (Fsp3) is 0.595. The minimum Gasteiger partial charge on any atom is -0.470 e. The number of Topliss-reactive ketones (excluding diaryl/α,β-unsaturated/α-hetero) is 1. The van der Waals surface area contributed by atoms with Crippen molar-refractivity contribution < 1.29 is 28.7 Å². The largest absolute Gasteiger partial charge is 0.470 e. The van der Waals surface area contributed by atoms with Crippen molar-refractivity contribution in [1.29, 1.82) is 0 Å². The van der Waals surface area contributed by atoms with Crippen LogP contribution in [0.4, 0.5) is 5.69 Å². The number of anilines is 1. The van der Waals surface area contributed by atoms with Gasteiger partial charge in [0.2, 0.25) is 11.8 Å². The summed E-state index contributed by atoms with van der Waals surface area (Å²) >= 11 is 6.51. The maximum absolute atomic E-state index is 13.9. The summed E-state index contributed by atoms with van der Waals surface area (Å²) in [6.07, 6.45) is 4.23. The molecule has 2 aromatic rings.